The fourth-order valence-electron chi connectivity index (χ4n) is 3.15. The Morgan fingerprint density at radius 2 is 2.00 bits per heavy atom. The van der Waals surface area contributed by atoms with Crippen molar-refractivity contribution >= 4 is 23.8 Å². The number of nitrogens with zero attached hydrogens (tertiary/aromatic N) is 2. The van der Waals surface area contributed by atoms with Gasteiger partial charge in [-0.25, -0.2) is 4.79 Å². The van der Waals surface area contributed by atoms with E-state index in [0.29, 0.717) is 25.3 Å². The summed E-state index contributed by atoms with van der Waals surface area (Å²) >= 11 is 1.34. The lowest BCUT2D eigenvalue weighted by molar-refractivity contribution is -0.136. The molecule has 6 nitrogen and oxygen atoms in total. The van der Waals surface area contributed by atoms with Gasteiger partial charge in [0.15, 0.2) is 0 Å². The van der Waals surface area contributed by atoms with Crippen molar-refractivity contribution < 1.29 is 28.6 Å². The Labute approximate surface area is 179 Å². The summed E-state index contributed by atoms with van der Waals surface area (Å²) in [6.45, 7) is 2.42. The summed E-state index contributed by atoms with van der Waals surface area (Å²) in [4.78, 5) is 26.3. The van der Waals surface area contributed by atoms with Crippen molar-refractivity contribution in [1.29, 1.82) is 0 Å². The minimum atomic E-state index is -3.44. The molecule has 1 aliphatic rings. The van der Waals surface area contributed by atoms with Crippen molar-refractivity contribution in [3.05, 3.63) is 48.0 Å². The van der Waals surface area contributed by atoms with Crippen LogP contribution in [0.25, 0.3) is 0 Å². The largest absolute Gasteiger partial charge is 0.480 e. The minimum absolute atomic E-state index is 0.194. The lowest BCUT2D eigenvalue weighted by Gasteiger charge is -2.23. The molecule has 2 N–H and O–H groups in total. The number of carbonyl (C=O) groups is 2. The number of benzene rings is 1. The Kier molecular flexibility index (Phi) is 8.66. The van der Waals surface area contributed by atoms with Crippen molar-refractivity contribution in [1.82, 2.24) is 9.80 Å². The number of hydrogen-bond acceptors (Lipinski definition) is 4. The molecule has 2 amide bonds. The average molecular weight is 443 g/mol. The van der Waals surface area contributed by atoms with Crippen LogP contribution in [0.2, 0.25) is 0 Å². The number of urea groups is 1. The molecule has 2 rings (SSSR count). The number of carboxylic acid groups (broad SMARTS) is 1. The fourth-order valence-corrected chi connectivity index (χ4v) is 4.01. The van der Waals surface area contributed by atoms with Crippen LogP contribution in [0.4, 0.5) is 13.6 Å². The Hall–Kier alpha value is -2.13. The first kappa shape index (κ1) is 24.1. The van der Waals surface area contributed by atoms with Gasteiger partial charge in [-0.2, -0.15) is 8.78 Å². The number of amides is 2. The molecule has 0 aromatic heterocycles. The van der Waals surface area contributed by atoms with Gasteiger partial charge in [0.05, 0.1) is 11.3 Å². The number of unbranched alkanes of at least 4 members (excludes halogenated alkanes) is 1. The number of hydrogen-bond donors (Lipinski definition) is 2. The van der Waals surface area contributed by atoms with Gasteiger partial charge in [0.2, 0.25) is 0 Å². The molecule has 166 valence electrons. The molecule has 1 saturated heterocycles. The van der Waals surface area contributed by atoms with Crippen molar-refractivity contribution in [3.8, 4) is 0 Å². The van der Waals surface area contributed by atoms with E-state index < -0.39 is 29.3 Å². The van der Waals surface area contributed by atoms with Crippen LogP contribution in [0, 0.1) is 0 Å². The Morgan fingerprint density at radius 3 is 2.63 bits per heavy atom. The third-order valence-corrected chi connectivity index (χ3v) is 6.21. The maximum atomic E-state index is 14.4. The molecule has 1 aromatic rings. The summed E-state index contributed by atoms with van der Waals surface area (Å²) in [6, 6.07) is 6.53. The van der Waals surface area contributed by atoms with E-state index in [2.05, 4.69) is 0 Å². The predicted octanol–water partition coefficient (Wildman–Crippen LogP) is 3.42. The zero-order chi connectivity index (χ0) is 22.3. The van der Waals surface area contributed by atoms with Crippen LogP contribution >= 0.6 is 11.8 Å². The Balaban J connectivity index is 1.92. The van der Waals surface area contributed by atoms with E-state index in [0.717, 1.165) is 12.5 Å². The molecule has 9 heteroatoms. The Morgan fingerprint density at radius 1 is 1.33 bits per heavy atom. The van der Waals surface area contributed by atoms with Crippen LogP contribution in [0.5, 0.6) is 0 Å². The van der Waals surface area contributed by atoms with Gasteiger partial charge < -0.3 is 20.0 Å². The van der Waals surface area contributed by atoms with E-state index in [9.17, 15) is 23.5 Å². The number of likely N-dealkylation sites (N-methyl/N-ethyl adjacent to an activating group) is 1. The van der Waals surface area contributed by atoms with Gasteiger partial charge in [-0.1, -0.05) is 42.5 Å². The van der Waals surface area contributed by atoms with Crippen LogP contribution in [0.15, 0.2) is 42.5 Å². The smallest absolute Gasteiger partial charge is 0.320 e. The quantitative estimate of drug-likeness (QED) is 0.405. The monoisotopic (exact) mass is 442 g/mol. The van der Waals surface area contributed by atoms with Crippen LogP contribution in [-0.2, 0) is 10.7 Å². The summed E-state index contributed by atoms with van der Waals surface area (Å²) in [7, 11) is 1.64. The number of carbonyl (C=O) groups excluding carboxylic acids is 1. The van der Waals surface area contributed by atoms with Crippen molar-refractivity contribution in [2.24, 2.45) is 0 Å². The molecule has 1 fully saturated rings. The second-order valence-corrected chi connectivity index (χ2v) is 8.75. The van der Waals surface area contributed by atoms with Crippen LogP contribution in [0.1, 0.15) is 25.3 Å². The van der Waals surface area contributed by atoms with Gasteiger partial charge >= 0.3 is 17.9 Å². The second kappa shape index (κ2) is 10.8. The molecule has 0 bridgehead atoms. The molecule has 1 aromatic carbocycles. The van der Waals surface area contributed by atoms with Crippen molar-refractivity contribution in [2.45, 2.75) is 43.1 Å². The summed E-state index contributed by atoms with van der Waals surface area (Å²) in [6.07, 6.45) is 1.93. The normalized spacial score (nSPS) is 19.5. The van der Waals surface area contributed by atoms with E-state index in [4.69, 9.17) is 5.11 Å². The molecule has 0 saturated carbocycles. The van der Waals surface area contributed by atoms with Gasteiger partial charge in [-0.3, -0.25) is 4.79 Å². The summed E-state index contributed by atoms with van der Waals surface area (Å²) in [5.41, 5.74) is -0.272. The van der Waals surface area contributed by atoms with Crippen LogP contribution in [-0.4, -0.2) is 75.3 Å². The van der Waals surface area contributed by atoms with Gasteiger partial charge in [-0.05, 0) is 25.5 Å². The van der Waals surface area contributed by atoms with Gasteiger partial charge in [0.1, 0.15) is 6.10 Å². The zero-order valence-electron chi connectivity index (χ0n) is 17.1. The van der Waals surface area contributed by atoms with Crippen molar-refractivity contribution in [3.63, 3.8) is 0 Å². The maximum absolute atomic E-state index is 14.4. The van der Waals surface area contributed by atoms with Gasteiger partial charge in [0.25, 0.3) is 0 Å². The molecule has 2 unspecified atom stereocenters. The van der Waals surface area contributed by atoms with E-state index in [1.54, 1.807) is 24.9 Å². The fraction of sp³-hybridized carbons (Fsp3) is 0.524. The highest BCUT2D eigenvalue weighted by atomic mass is 32.2. The number of rotatable bonds is 11. The standard InChI is InChI=1S/C21H28F2N2O4S/c1-15(19(27)28)30-13-7-6-12-25-17(14-24(2)20(25)29)10-11-18(26)21(22,23)16-8-4-3-5-9-16/h3-5,8-11,15,17-18,26H,6-7,12-14H2,1-2H3,(H,27,28)/t15?,17-,18?/m0/s1. The number of thioether (sulfide) groups is 1. The first-order chi connectivity index (χ1) is 14.1. The first-order valence-corrected chi connectivity index (χ1v) is 10.8. The lowest BCUT2D eigenvalue weighted by atomic mass is 10.0. The number of carboxylic acids is 1. The van der Waals surface area contributed by atoms with Crippen molar-refractivity contribution in [2.75, 3.05) is 25.9 Å². The zero-order valence-corrected chi connectivity index (χ0v) is 17.9. The van der Waals surface area contributed by atoms with E-state index in [1.807, 2.05) is 0 Å². The topological polar surface area (TPSA) is 81.1 Å². The highest BCUT2D eigenvalue weighted by molar-refractivity contribution is 8.00. The molecule has 0 spiro atoms. The molecular formula is C21H28F2N2O4S. The van der Waals surface area contributed by atoms with E-state index in [1.165, 1.54) is 47.0 Å². The second-order valence-electron chi connectivity index (χ2n) is 7.30. The predicted molar refractivity (Wildman–Crippen MR) is 113 cm³/mol. The van der Waals surface area contributed by atoms with E-state index in [-0.39, 0.29) is 11.6 Å². The summed E-state index contributed by atoms with van der Waals surface area (Å²) < 4.78 is 28.9. The van der Waals surface area contributed by atoms with Crippen LogP contribution < -0.4 is 0 Å². The lowest BCUT2D eigenvalue weighted by Crippen LogP contribution is -2.35. The molecule has 0 radical (unpaired) electrons. The molecule has 3 atom stereocenters. The van der Waals surface area contributed by atoms with Crippen LogP contribution in [0.3, 0.4) is 0 Å². The number of aliphatic hydroxyl groups excluding tert-OH is 1. The van der Waals surface area contributed by atoms with Gasteiger partial charge in [0, 0.05) is 25.7 Å². The third-order valence-electron chi connectivity index (χ3n) is 4.99. The van der Waals surface area contributed by atoms with E-state index >= 15 is 0 Å². The minimum Gasteiger partial charge on any atom is -0.480 e. The summed E-state index contributed by atoms with van der Waals surface area (Å²) in [5.74, 6) is -3.63. The first-order valence-electron chi connectivity index (χ1n) is 9.80. The molecule has 30 heavy (non-hydrogen) atoms. The summed E-state index contributed by atoms with van der Waals surface area (Å²) in [5, 5.41) is 18.5. The maximum Gasteiger partial charge on any atom is 0.320 e. The molecular weight excluding hydrogens is 414 g/mol. The average Bonchev–Trinajstić information content (AvgIpc) is 2.99. The molecule has 0 aliphatic carbocycles. The molecule has 1 aliphatic heterocycles. The third kappa shape index (κ3) is 6.18. The number of alkyl halides is 2. The van der Waals surface area contributed by atoms with Gasteiger partial charge in [-0.15, -0.1) is 11.8 Å². The number of aliphatic carboxylic acids is 1. The Bertz CT molecular complexity index is 748. The SMILES string of the molecule is CC(SCCCCN1C(=O)N(C)C[C@@H]1C=CC(O)C(F)(F)c1ccccc1)C(=O)O. The highest BCUT2D eigenvalue weighted by Crippen LogP contribution is 2.32. The highest BCUT2D eigenvalue weighted by Gasteiger charge is 2.39. The number of halogens is 2. The number of aliphatic hydroxyl groups is 1. The molecule has 1 heterocycles.